The number of carbonyl (C=O) groups excluding carboxylic acids is 1. The third-order valence-electron chi connectivity index (χ3n) is 3.48. The number of nitrogens with one attached hydrogen (secondary N) is 1. The maximum Gasteiger partial charge on any atom is 0.222 e. The van der Waals surface area contributed by atoms with E-state index in [0.717, 1.165) is 31.8 Å². The van der Waals surface area contributed by atoms with Crippen molar-refractivity contribution in [1.29, 1.82) is 0 Å². The van der Waals surface area contributed by atoms with Crippen LogP contribution in [0.2, 0.25) is 0 Å². The molecule has 0 radical (unpaired) electrons. The Morgan fingerprint density at radius 2 is 1.88 bits per heavy atom. The van der Waals surface area contributed by atoms with Crippen molar-refractivity contribution in [2.45, 2.75) is 53.0 Å². The Kier molecular flexibility index (Phi) is 5.96. The van der Waals surface area contributed by atoms with Gasteiger partial charge in [0.15, 0.2) is 0 Å². The van der Waals surface area contributed by atoms with Gasteiger partial charge in [0, 0.05) is 26.5 Å². The van der Waals surface area contributed by atoms with Crippen molar-refractivity contribution in [3.63, 3.8) is 0 Å². The Labute approximate surface area is 107 Å². The second-order valence-electron chi connectivity index (χ2n) is 5.96. The second kappa shape index (κ2) is 7.00. The fourth-order valence-electron chi connectivity index (χ4n) is 2.11. The Morgan fingerprint density at radius 1 is 1.29 bits per heavy atom. The largest absolute Gasteiger partial charge is 0.353 e. The topological polar surface area (TPSA) is 32.3 Å². The maximum absolute atomic E-state index is 11.6. The quantitative estimate of drug-likeness (QED) is 0.803. The minimum absolute atomic E-state index is 0. The average Bonchev–Trinajstić information content (AvgIpc) is 2.28. The number of amides is 1. The number of hydrogen-bond acceptors (Lipinski definition) is 2. The molecule has 0 saturated carbocycles. The van der Waals surface area contributed by atoms with Gasteiger partial charge in [0.2, 0.25) is 5.91 Å². The van der Waals surface area contributed by atoms with Crippen LogP contribution in [0, 0.1) is 11.8 Å². The molecule has 0 bridgehead atoms. The lowest BCUT2D eigenvalue weighted by molar-refractivity contribution is -0.125. The molecule has 1 fully saturated rings. The molecule has 0 aliphatic carbocycles. The van der Waals surface area contributed by atoms with Gasteiger partial charge < -0.3 is 10.2 Å². The van der Waals surface area contributed by atoms with Gasteiger partial charge in [-0.1, -0.05) is 27.7 Å². The molecule has 1 rings (SSSR count). The van der Waals surface area contributed by atoms with Crippen LogP contribution in [-0.2, 0) is 4.79 Å². The van der Waals surface area contributed by atoms with E-state index in [1.807, 2.05) is 13.8 Å². The van der Waals surface area contributed by atoms with E-state index >= 15 is 0 Å². The number of rotatable bonds is 5. The summed E-state index contributed by atoms with van der Waals surface area (Å²) in [5.41, 5.74) is 0. The number of hydrogen-bond donors (Lipinski definition) is 1. The van der Waals surface area contributed by atoms with Gasteiger partial charge in [-0.3, -0.25) is 4.79 Å². The number of likely N-dealkylation sites (tertiary alicyclic amines) is 1. The van der Waals surface area contributed by atoms with E-state index in [9.17, 15) is 4.79 Å². The number of nitrogens with zero attached hydrogens (tertiary/aromatic N) is 1. The van der Waals surface area contributed by atoms with Crippen LogP contribution in [0.4, 0.5) is 0 Å². The van der Waals surface area contributed by atoms with Crippen LogP contribution >= 0.6 is 0 Å². The highest BCUT2D eigenvalue weighted by molar-refractivity contribution is 5.78. The van der Waals surface area contributed by atoms with Crippen molar-refractivity contribution in [3.05, 3.63) is 0 Å². The van der Waals surface area contributed by atoms with Crippen LogP contribution in [0.25, 0.3) is 0 Å². The van der Waals surface area contributed by atoms with E-state index in [1.165, 1.54) is 13.0 Å². The molecule has 0 atom stereocenters. The number of carbonyl (C=O) groups is 1. The van der Waals surface area contributed by atoms with E-state index in [0.29, 0.717) is 6.04 Å². The molecule has 0 aromatic carbocycles. The average molecular weight is 242 g/mol. The molecule has 3 nitrogen and oxygen atoms in total. The first kappa shape index (κ1) is 14.5. The summed E-state index contributed by atoms with van der Waals surface area (Å²) in [5.74, 6) is 1.09. The Balaban J connectivity index is 0.00000289. The molecule has 17 heavy (non-hydrogen) atoms. The summed E-state index contributed by atoms with van der Waals surface area (Å²) >= 11 is 0. The van der Waals surface area contributed by atoms with Gasteiger partial charge in [-0.15, -0.1) is 0 Å². The summed E-state index contributed by atoms with van der Waals surface area (Å²) in [6.45, 7) is 11.9. The molecule has 1 amide bonds. The van der Waals surface area contributed by atoms with Crippen molar-refractivity contribution < 1.29 is 6.22 Å². The zero-order valence-electron chi connectivity index (χ0n) is 11.8. The predicted molar refractivity (Wildman–Crippen MR) is 74.0 cm³/mol. The summed E-state index contributed by atoms with van der Waals surface area (Å²) in [7, 11) is 0. The standard InChI is InChI=1S/C14H28N2O.H2/c1-11(2)5-8-16-9-6-13(7-10-16)15-14(17)12(3)4;/h11-13H,5-10H2,1-4H3,(H,15,17);1H. The van der Waals surface area contributed by atoms with Crippen molar-refractivity contribution in [1.82, 2.24) is 10.2 Å². The molecule has 102 valence electrons. The molecule has 1 aliphatic heterocycles. The lowest BCUT2D eigenvalue weighted by Gasteiger charge is -2.33. The van der Waals surface area contributed by atoms with Gasteiger partial charge in [0.1, 0.15) is 0 Å². The highest BCUT2D eigenvalue weighted by Crippen LogP contribution is 2.12. The molecule has 0 aromatic rings. The van der Waals surface area contributed by atoms with Gasteiger partial charge in [-0.05, 0) is 31.7 Å². The van der Waals surface area contributed by atoms with Crippen molar-refractivity contribution >= 4 is 5.91 Å². The normalized spacial score (nSPS) is 18.9. The Morgan fingerprint density at radius 3 is 2.35 bits per heavy atom. The van der Waals surface area contributed by atoms with E-state index in [-0.39, 0.29) is 13.3 Å². The summed E-state index contributed by atoms with van der Waals surface area (Å²) in [5, 5.41) is 3.14. The fourth-order valence-corrected chi connectivity index (χ4v) is 2.11. The highest BCUT2D eigenvalue weighted by atomic mass is 16.1. The number of piperidine rings is 1. The molecular weight excluding hydrogens is 212 g/mol. The van der Waals surface area contributed by atoms with Crippen LogP contribution in [-0.4, -0.2) is 36.5 Å². The van der Waals surface area contributed by atoms with Crippen LogP contribution < -0.4 is 5.32 Å². The molecule has 0 unspecified atom stereocenters. The van der Waals surface area contributed by atoms with Crippen LogP contribution in [0.1, 0.15) is 48.4 Å². The van der Waals surface area contributed by atoms with E-state index in [1.54, 1.807) is 0 Å². The molecule has 1 aliphatic rings. The molecule has 3 heteroatoms. The molecule has 1 heterocycles. The van der Waals surface area contributed by atoms with Crippen LogP contribution in [0.15, 0.2) is 0 Å². The minimum Gasteiger partial charge on any atom is -0.353 e. The van der Waals surface area contributed by atoms with Crippen LogP contribution in [0.3, 0.4) is 0 Å². The first-order valence-corrected chi connectivity index (χ1v) is 7.01. The molecule has 1 N–H and O–H groups in total. The first-order valence-electron chi connectivity index (χ1n) is 7.01. The molecule has 1 saturated heterocycles. The zero-order valence-corrected chi connectivity index (χ0v) is 11.8. The lowest BCUT2D eigenvalue weighted by Crippen LogP contribution is -2.46. The van der Waals surface area contributed by atoms with Crippen molar-refractivity contribution in [2.75, 3.05) is 19.6 Å². The zero-order chi connectivity index (χ0) is 12.8. The minimum atomic E-state index is 0. The van der Waals surface area contributed by atoms with Crippen LogP contribution in [0.5, 0.6) is 0 Å². The smallest absolute Gasteiger partial charge is 0.222 e. The third-order valence-corrected chi connectivity index (χ3v) is 3.48. The maximum atomic E-state index is 11.6. The summed E-state index contributed by atoms with van der Waals surface area (Å²) < 4.78 is 0. The molecule has 0 spiro atoms. The third kappa shape index (κ3) is 5.53. The van der Waals surface area contributed by atoms with E-state index in [4.69, 9.17) is 0 Å². The van der Waals surface area contributed by atoms with Crippen molar-refractivity contribution in [3.8, 4) is 0 Å². The Hall–Kier alpha value is -0.570. The van der Waals surface area contributed by atoms with E-state index in [2.05, 4.69) is 24.1 Å². The van der Waals surface area contributed by atoms with Gasteiger partial charge in [0.05, 0.1) is 0 Å². The molecular formula is C14H30N2O. The summed E-state index contributed by atoms with van der Waals surface area (Å²) in [6, 6.07) is 0.403. The SMILES string of the molecule is CC(C)CCN1CCC(NC(=O)C(C)C)CC1.[HH]. The second-order valence-corrected chi connectivity index (χ2v) is 5.96. The van der Waals surface area contributed by atoms with Gasteiger partial charge in [-0.2, -0.15) is 0 Å². The first-order chi connectivity index (χ1) is 7.99. The van der Waals surface area contributed by atoms with Gasteiger partial charge in [0.25, 0.3) is 0 Å². The van der Waals surface area contributed by atoms with Gasteiger partial charge in [-0.25, -0.2) is 0 Å². The monoisotopic (exact) mass is 242 g/mol. The fraction of sp³-hybridized carbons (Fsp3) is 0.929. The van der Waals surface area contributed by atoms with Crippen molar-refractivity contribution in [2.24, 2.45) is 11.8 Å². The highest BCUT2D eigenvalue weighted by Gasteiger charge is 2.21. The summed E-state index contributed by atoms with van der Waals surface area (Å²) in [4.78, 5) is 14.1. The Bertz CT molecular complexity index is 236. The lowest BCUT2D eigenvalue weighted by atomic mass is 10.0. The van der Waals surface area contributed by atoms with Gasteiger partial charge >= 0.3 is 0 Å². The predicted octanol–water partition coefficient (Wildman–Crippen LogP) is 2.52. The summed E-state index contributed by atoms with van der Waals surface area (Å²) in [6.07, 6.45) is 3.50. The molecule has 0 aromatic heterocycles. The van der Waals surface area contributed by atoms with E-state index < -0.39 is 0 Å².